The van der Waals surface area contributed by atoms with Crippen molar-refractivity contribution in [1.29, 1.82) is 0 Å². The van der Waals surface area contributed by atoms with Crippen LogP contribution in [0.1, 0.15) is 426 Å². The predicted molar refractivity (Wildman–Crippen MR) is 405 cm³/mol. The molecule has 0 radical (unpaired) electrons. The molecule has 0 aliphatic rings. The second-order valence-corrected chi connectivity index (χ2v) is 32.2. The molecule has 0 saturated heterocycles. The lowest BCUT2D eigenvalue weighted by Gasteiger charge is -2.21. The number of unbranched alkanes of at least 4 members (excludes halogenated alkanes) is 52. The molecular weight excluding hydrogens is 1290 g/mol. The van der Waals surface area contributed by atoms with Crippen LogP contribution in [0.25, 0.3) is 0 Å². The molecule has 0 aromatic carbocycles. The first-order valence-corrected chi connectivity index (χ1v) is 44.6. The van der Waals surface area contributed by atoms with E-state index < -0.39 is 97.5 Å². The number of carbonyl (C=O) groups excluding carboxylic acids is 4. The van der Waals surface area contributed by atoms with E-state index >= 15 is 0 Å². The molecule has 99 heavy (non-hydrogen) atoms. The minimum Gasteiger partial charge on any atom is -0.462 e. The third-order valence-corrected chi connectivity index (χ3v) is 20.7. The molecule has 17 nitrogen and oxygen atoms in total. The van der Waals surface area contributed by atoms with Crippen molar-refractivity contribution in [3.63, 3.8) is 0 Å². The van der Waals surface area contributed by atoms with Crippen molar-refractivity contribution in [3.8, 4) is 0 Å². The van der Waals surface area contributed by atoms with Crippen LogP contribution in [0, 0.1) is 5.92 Å². The molecule has 0 aliphatic heterocycles. The first kappa shape index (κ1) is 97.1. The summed E-state index contributed by atoms with van der Waals surface area (Å²) < 4.78 is 68.5. The van der Waals surface area contributed by atoms with E-state index in [1.807, 2.05) is 0 Å². The zero-order chi connectivity index (χ0) is 72.7. The molecule has 3 N–H and O–H groups in total. The van der Waals surface area contributed by atoms with Crippen molar-refractivity contribution < 1.29 is 80.2 Å². The largest absolute Gasteiger partial charge is 0.472 e. The highest BCUT2D eigenvalue weighted by molar-refractivity contribution is 7.47. The Bertz CT molecular complexity index is 1890. The second-order valence-electron chi connectivity index (χ2n) is 29.3. The van der Waals surface area contributed by atoms with Gasteiger partial charge in [-0.1, -0.05) is 375 Å². The lowest BCUT2D eigenvalue weighted by atomic mass is 10.0. The van der Waals surface area contributed by atoms with Gasteiger partial charge in [-0.15, -0.1) is 0 Å². The Kier molecular flexibility index (Phi) is 71.6. The summed E-state index contributed by atoms with van der Waals surface area (Å²) in [5.74, 6) is -1.30. The fourth-order valence-corrected chi connectivity index (χ4v) is 14.0. The van der Waals surface area contributed by atoms with Gasteiger partial charge < -0.3 is 33.8 Å². The monoisotopic (exact) mass is 1450 g/mol. The van der Waals surface area contributed by atoms with Crippen molar-refractivity contribution >= 4 is 39.5 Å². The van der Waals surface area contributed by atoms with Gasteiger partial charge in [-0.2, -0.15) is 0 Å². The maximum absolute atomic E-state index is 13.1. The Balaban J connectivity index is 5.16. The van der Waals surface area contributed by atoms with Crippen LogP contribution >= 0.6 is 15.6 Å². The van der Waals surface area contributed by atoms with Gasteiger partial charge in [0.2, 0.25) is 0 Å². The summed E-state index contributed by atoms with van der Waals surface area (Å²) in [5.41, 5.74) is 0. The summed E-state index contributed by atoms with van der Waals surface area (Å²) in [4.78, 5) is 72.8. The van der Waals surface area contributed by atoms with Gasteiger partial charge in [0.25, 0.3) is 0 Å². The number of aliphatic hydroxyl groups excluding tert-OH is 1. The number of aliphatic hydroxyl groups is 1. The van der Waals surface area contributed by atoms with Crippen molar-refractivity contribution in [3.05, 3.63) is 0 Å². The number of esters is 4. The highest BCUT2D eigenvalue weighted by Gasteiger charge is 2.30. The fourth-order valence-electron chi connectivity index (χ4n) is 12.4. The maximum atomic E-state index is 13.1. The molecular formula is C80H156O17P2. The number of phosphoric acid groups is 2. The second kappa shape index (κ2) is 73.0. The average Bonchev–Trinajstić information content (AvgIpc) is 0.999. The lowest BCUT2D eigenvalue weighted by molar-refractivity contribution is -0.161. The number of phosphoric ester groups is 2. The Labute approximate surface area is 607 Å². The summed E-state index contributed by atoms with van der Waals surface area (Å²) in [6.45, 7) is 7.31. The zero-order valence-corrected chi connectivity index (χ0v) is 66.4. The molecule has 0 saturated carbocycles. The topological polar surface area (TPSA) is 237 Å². The number of carbonyl (C=O) groups is 4. The zero-order valence-electron chi connectivity index (χ0n) is 64.6. The van der Waals surface area contributed by atoms with Crippen LogP contribution in [0.5, 0.6) is 0 Å². The van der Waals surface area contributed by atoms with E-state index in [4.69, 9.17) is 37.0 Å². The molecule has 2 unspecified atom stereocenters. The summed E-state index contributed by atoms with van der Waals surface area (Å²) in [6, 6.07) is 0. The molecule has 0 bridgehead atoms. The number of hydrogen-bond donors (Lipinski definition) is 3. The minimum atomic E-state index is -4.96. The number of rotatable bonds is 80. The van der Waals surface area contributed by atoms with Crippen molar-refractivity contribution in [2.75, 3.05) is 39.6 Å². The van der Waals surface area contributed by atoms with Crippen LogP contribution in [-0.2, 0) is 65.4 Å². The van der Waals surface area contributed by atoms with Gasteiger partial charge in [-0.3, -0.25) is 37.3 Å². The standard InChI is InChI=1S/C80H156O17P2/c1-6-9-12-15-18-20-22-24-25-26-27-28-29-30-35-38-42-46-51-56-61-66-80(85)97-76(70-91-78(83)64-59-54-49-44-41-37-34-32-31-33-36-39-43-48-52-57-62-73(4)5)72-95-99(88,89)93-68-74(81)67-92-98(86,87)94-71-75(69-90-77(82)63-58-53-47-17-14-11-8-3)96-79(84)65-60-55-50-45-40-23-21-19-16-13-10-7-2/h73-76,81H,6-72H2,1-5H3,(H,86,87)(H,88,89)/t74-,75+,76+/m0/s1. The Morgan fingerprint density at radius 3 is 0.687 bits per heavy atom. The molecule has 0 rings (SSSR count). The van der Waals surface area contributed by atoms with Gasteiger partial charge in [0.1, 0.15) is 19.3 Å². The van der Waals surface area contributed by atoms with Gasteiger partial charge in [0.15, 0.2) is 12.2 Å². The van der Waals surface area contributed by atoms with E-state index in [-0.39, 0.29) is 25.7 Å². The van der Waals surface area contributed by atoms with Gasteiger partial charge in [-0.05, 0) is 31.6 Å². The van der Waals surface area contributed by atoms with Gasteiger partial charge in [-0.25, -0.2) is 9.13 Å². The molecule has 0 fully saturated rings. The van der Waals surface area contributed by atoms with Crippen LogP contribution in [0.3, 0.4) is 0 Å². The van der Waals surface area contributed by atoms with Crippen molar-refractivity contribution in [2.24, 2.45) is 5.92 Å². The molecule has 0 heterocycles. The third-order valence-electron chi connectivity index (χ3n) is 18.8. The Morgan fingerprint density at radius 1 is 0.273 bits per heavy atom. The van der Waals surface area contributed by atoms with Crippen LogP contribution in [-0.4, -0.2) is 96.7 Å². The summed E-state index contributed by atoms with van der Waals surface area (Å²) in [5, 5.41) is 10.6. The Hall–Kier alpha value is -1.94. The molecule has 19 heteroatoms. The maximum Gasteiger partial charge on any atom is 0.472 e. The molecule has 0 aromatic rings. The van der Waals surface area contributed by atoms with Crippen molar-refractivity contribution in [1.82, 2.24) is 0 Å². The average molecular weight is 1450 g/mol. The minimum absolute atomic E-state index is 0.107. The van der Waals surface area contributed by atoms with Crippen molar-refractivity contribution in [2.45, 2.75) is 445 Å². The van der Waals surface area contributed by atoms with Gasteiger partial charge in [0.05, 0.1) is 26.4 Å². The lowest BCUT2D eigenvalue weighted by Crippen LogP contribution is -2.30. The SMILES string of the molecule is CCCCCCCCCCCCCCCCCCCCCCCC(=O)O[C@H](COC(=O)CCCCCCCCCCCCCCCCCCC(C)C)COP(=O)(O)OC[C@@H](O)COP(=O)(O)OC[C@@H](COC(=O)CCCCCCCCC)OC(=O)CCCCCCCCCCCCCC. The fraction of sp³-hybridized carbons (Fsp3) is 0.950. The summed E-state index contributed by atoms with van der Waals surface area (Å²) in [6.07, 6.45) is 64.1. The van der Waals surface area contributed by atoms with E-state index in [0.29, 0.717) is 25.7 Å². The first-order valence-electron chi connectivity index (χ1n) is 41.6. The van der Waals surface area contributed by atoms with Crippen LogP contribution in [0.2, 0.25) is 0 Å². The van der Waals surface area contributed by atoms with Crippen LogP contribution in [0.4, 0.5) is 0 Å². The molecule has 0 aromatic heterocycles. The van der Waals surface area contributed by atoms with E-state index in [9.17, 15) is 43.2 Å². The molecule has 5 atom stereocenters. The first-order chi connectivity index (χ1) is 48.0. The van der Waals surface area contributed by atoms with Crippen LogP contribution < -0.4 is 0 Å². The van der Waals surface area contributed by atoms with E-state index in [1.165, 1.54) is 238 Å². The van der Waals surface area contributed by atoms with E-state index in [0.717, 1.165) is 109 Å². The normalized spacial score (nSPS) is 13.9. The summed E-state index contributed by atoms with van der Waals surface area (Å²) >= 11 is 0. The molecule has 0 spiro atoms. The number of ether oxygens (including phenoxy) is 4. The van der Waals surface area contributed by atoms with E-state index in [1.54, 1.807) is 0 Å². The highest BCUT2D eigenvalue weighted by Crippen LogP contribution is 2.45. The smallest absolute Gasteiger partial charge is 0.462 e. The number of hydrogen-bond acceptors (Lipinski definition) is 15. The predicted octanol–water partition coefficient (Wildman–Crippen LogP) is 24.0. The Morgan fingerprint density at radius 2 is 0.465 bits per heavy atom. The quantitative estimate of drug-likeness (QED) is 0.0222. The molecule has 0 aliphatic carbocycles. The van der Waals surface area contributed by atoms with Gasteiger partial charge >= 0.3 is 39.5 Å². The summed E-state index contributed by atoms with van der Waals surface area (Å²) in [7, 11) is -9.91. The van der Waals surface area contributed by atoms with Gasteiger partial charge in [0, 0.05) is 25.7 Å². The highest BCUT2D eigenvalue weighted by atomic mass is 31.2. The van der Waals surface area contributed by atoms with E-state index in [2.05, 4.69) is 34.6 Å². The molecule has 588 valence electrons. The molecule has 0 amide bonds. The van der Waals surface area contributed by atoms with Crippen LogP contribution in [0.15, 0.2) is 0 Å². The third kappa shape index (κ3) is 74.1.